The summed E-state index contributed by atoms with van der Waals surface area (Å²) in [5, 5.41) is 0.963. The number of thiophene rings is 1. The zero-order valence-corrected chi connectivity index (χ0v) is 9.41. The van der Waals surface area contributed by atoms with E-state index in [1.807, 2.05) is 13.8 Å². The van der Waals surface area contributed by atoms with Crippen LogP contribution in [0, 0.1) is 13.8 Å². The minimum absolute atomic E-state index is 0. The third kappa shape index (κ3) is 1.38. The van der Waals surface area contributed by atoms with Crippen molar-refractivity contribution in [1.29, 1.82) is 0 Å². The molecule has 2 N–H and O–H groups in total. The molecule has 0 atom stereocenters. The number of hydrogen-bond donors (Lipinski definition) is 1. The molecule has 14 heavy (non-hydrogen) atoms. The number of fused-ring (bicyclic) bond motifs is 1. The second-order valence-corrected chi connectivity index (χ2v) is 4.12. The quantitative estimate of drug-likeness (QED) is 0.694. The fourth-order valence-electron chi connectivity index (χ4n) is 1.23. The van der Waals surface area contributed by atoms with E-state index < -0.39 is 5.69 Å². The van der Waals surface area contributed by atoms with E-state index in [0.717, 1.165) is 20.5 Å². The van der Waals surface area contributed by atoms with Crippen LogP contribution in [0.4, 0.5) is 0 Å². The van der Waals surface area contributed by atoms with E-state index in [-0.39, 0.29) is 12.4 Å². The second-order valence-electron chi connectivity index (χ2n) is 2.91. The molecule has 0 saturated carbocycles. The van der Waals surface area contributed by atoms with Crippen LogP contribution in [0.3, 0.4) is 0 Å². The van der Waals surface area contributed by atoms with Crippen LogP contribution < -0.4 is 11.5 Å². The van der Waals surface area contributed by atoms with Gasteiger partial charge in [-0.15, -0.1) is 23.7 Å². The molecular weight excluding hydrogens is 222 g/mol. The van der Waals surface area contributed by atoms with Crippen LogP contribution in [-0.2, 0) is 0 Å². The zero-order valence-electron chi connectivity index (χ0n) is 7.77. The van der Waals surface area contributed by atoms with E-state index in [4.69, 9.17) is 5.84 Å². The van der Waals surface area contributed by atoms with E-state index in [2.05, 4.69) is 4.98 Å². The number of halogens is 1. The Bertz CT molecular complexity index is 531. The molecule has 0 aliphatic rings. The summed E-state index contributed by atoms with van der Waals surface area (Å²) in [5.74, 6) is 5.55. The first-order valence-corrected chi connectivity index (χ1v) is 4.65. The molecule has 0 bridgehead atoms. The van der Waals surface area contributed by atoms with E-state index in [1.54, 1.807) is 6.20 Å². The monoisotopic (exact) mass is 231 g/mol. The third-order valence-corrected chi connectivity index (χ3v) is 3.36. The van der Waals surface area contributed by atoms with Crippen LogP contribution in [0.25, 0.3) is 10.2 Å². The summed E-state index contributed by atoms with van der Waals surface area (Å²) < 4.78 is 1.10. The van der Waals surface area contributed by atoms with Gasteiger partial charge in [0, 0.05) is 16.5 Å². The maximum Gasteiger partial charge on any atom is 0.367 e. The number of aryl methyl sites for hydroxylation is 2. The van der Waals surface area contributed by atoms with Crippen LogP contribution in [-0.4, -0.2) is 9.66 Å². The summed E-state index contributed by atoms with van der Waals surface area (Å²) in [7, 11) is 0. The highest BCUT2D eigenvalue weighted by Crippen LogP contribution is 2.27. The van der Waals surface area contributed by atoms with Gasteiger partial charge in [-0.2, -0.15) is 9.66 Å². The second kappa shape index (κ2) is 3.59. The third-order valence-electron chi connectivity index (χ3n) is 2.14. The molecule has 2 heterocycles. The number of aromatic nitrogens is 2. The van der Waals surface area contributed by atoms with Gasteiger partial charge in [0.1, 0.15) is 4.83 Å². The largest absolute Gasteiger partial charge is 0.367 e. The van der Waals surface area contributed by atoms with E-state index >= 15 is 0 Å². The van der Waals surface area contributed by atoms with Gasteiger partial charge in [-0.25, -0.2) is 4.79 Å². The van der Waals surface area contributed by atoms with Crippen molar-refractivity contribution < 1.29 is 0 Å². The van der Waals surface area contributed by atoms with Crippen molar-refractivity contribution in [3.05, 3.63) is 27.1 Å². The van der Waals surface area contributed by atoms with Gasteiger partial charge in [-0.3, -0.25) is 0 Å². The summed E-state index contributed by atoms with van der Waals surface area (Å²) in [6.45, 7) is 4.00. The number of rotatable bonds is 0. The molecule has 0 fully saturated rings. The fourth-order valence-corrected chi connectivity index (χ4v) is 2.27. The molecule has 0 radical (unpaired) electrons. The topological polar surface area (TPSA) is 60.9 Å². The zero-order chi connectivity index (χ0) is 9.59. The minimum atomic E-state index is -0.409. The van der Waals surface area contributed by atoms with Crippen molar-refractivity contribution in [2.45, 2.75) is 13.8 Å². The van der Waals surface area contributed by atoms with Crippen LogP contribution in [0.15, 0.2) is 11.0 Å². The normalized spacial score (nSPS) is 10.1. The van der Waals surface area contributed by atoms with E-state index in [0.29, 0.717) is 0 Å². The molecule has 0 aliphatic carbocycles. The van der Waals surface area contributed by atoms with Crippen molar-refractivity contribution >= 4 is 34.0 Å². The Morgan fingerprint density at radius 2 is 2.14 bits per heavy atom. The number of hydrogen-bond acceptors (Lipinski definition) is 4. The molecule has 0 aliphatic heterocycles. The molecule has 0 aromatic carbocycles. The van der Waals surface area contributed by atoms with Gasteiger partial charge < -0.3 is 5.84 Å². The molecule has 2 aromatic heterocycles. The van der Waals surface area contributed by atoms with Crippen LogP contribution in [0.2, 0.25) is 0 Å². The lowest BCUT2D eigenvalue weighted by Crippen LogP contribution is -2.28. The van der Waals surface area contributed by atoms with Gasteiger partial charge in [-0.1, -0.05) is 0 Å². The van der Waals surface area contributed by atoms with Gasteiger partial charge in [0.05, 0.1) is 0 Å². The Labute approximate surface area is 90.8 Å². The lowest BCUT2D eigenvalue weighted by molar-refractivity contribution is 0.925. The predicted octanol–water partition coefficient (Wildman–Crippen LogP) is 1.21. The SMILES string of the molecule is Cc1sc2c(cnc(=O)n2N)c1C.Cl. The van der Waals surface area contributed by atoms with Gasteiger partial charge in [0.15, 0.2) is 0 Å². The summed E-state index contributed by atoms with van der Waals surface area (Å²) in [6, 6.07) is 0. The van der Waals surface area contributed by atoms with Gasteiger partial charge in [0.2, 0.25) is 0 Å². The average molecular weight is 232 g/mol. The smallest absolute Gasteiger partial charge is 0.334 e. The van der Waals surface area contributed by atoms with Crippen molar-refractivity contribution in [1.82, 2.24) is 9.66 Å². The summed E-state index contributed by atoms with van der Waals surface area (Å²) >= 11 is 1.52. The Balaban J connectivity index is 0.000000980. The van der Waals surface area contributed by atoms with Gasteiger partial charge in [-0.05, 0) is 19.4 Å². The van der Waals surface area contributed by atoms with Gasteiger partial charge >= 0.3 is 5.69 Å². The summed E-state index contributed by atoms with van der Waals surface area (Å²) in [4.78, 5) is 16.7. The van der Waals surface area contributed by atoms with E-state index in [9.17, 15) is 4.79 Å². The molecule has 0 unspecified atom stereocenters. The van der Waals surface area contributed by atoms with E-state index in [1.165, 1.54) is 16.2 Å². The highest BCUT2D eigenvalue weighted by molar-refractivity contribution is 7.18. The Morgan fingerprint density at radius 3 is 2.79 bits per heavy atom. The average Bonchev–Trinajstić information content (AvgIpc) is 2.38. The van der Waals surface area contributed by atoms with Crippen LogP contribution >= 0.6 is 23.7 Å². The maximum absolute atomic E-state index is 11.1. The summed E-state index contributed by atoms with van der Waals surface area (Å²) in [5.41, 5.74) is 0.737. The first-order chi connectivity index (χ1) is 6.11. The molecule has 0 saturated heterocycles. The molecule has 0 amide bonds. The molecule has 0 spiro atoms. The standard InChI is InChI=1S/C8H9N3OS.ClH/c1-4-5(2)13-7-6(4)3-10-8(12)11(7)9;/h3H,9H2,1-2H3;1H. The lowest BCUT2D eigenvalue weighted by atomic mass is 10.2. The highest BCUT2D eigenvalue weighted by Gasteiger charge is 2.08. The highest BCUT2D eigenvalue weighted by atomic mass is 35.5. The first-order valence-electron chi connectivity index (χ1n) is 3.84. The maximum atomic E-state index is 11.1. The Kier molecular flexibility index (Phi) is 2.82. The predicted molar refractivity (Wildman–Crippen MR) is 60.8 cm³/mol. The lowest BCUT2D eigenvalue weighted by Gasteiger charge is -1.96. The minimum Gasteiger partial charge on any atom is -0.334 e. The van der Waals surface area contributed by atoms with Crippen molar-refractivity contribution in [2.75, 3.05) is 5.84 Å². The first kappa shape index (κ1) is 11.0. The molecule has 2 aromatic rings. The summed E-state index contributed by atoms with van der Waals surface area (Å²) in [6.07, 6.45) is 1.58. The van der Waals surface area contributed by atoms with Crippen molar-refractivity contribution in [2.24, 2.45) is 0 Å². The molecule has 2 rings (SSSR count). The molecule has 76 valence electrons. The van der Waals surface area contributed by atoms with Crippen molar-refractivity contribution in [3.8, 4) is 0 Å². The Hall–Kier alpha value is -1.07. The van der Waals surface area contributed by atoms with Gasteiger partial charge in [0.25, 0.3) is 0 Å². The van der Waals surface area contributed by atoms with Crippen LogP contribution in [0.1, 0.15) is 10.4 Å². The molecule has 4 nitrogen and oxygen atoms in total. The molecule has 6 heteroatoms. The fraction of sp³-hybridized carbons (Fsp3) is 0.250. The van der Waals surface area contributed by atoms with Crippen molar-refractivity contribution in [3.63, 3.8) is 0 Å². The Morgan fingerprint density at radius 1 is 1.50 bits per heavy atom. The number of nitrogen functional groups attached to an aromatic ring is 1. The molecular formula is C8H10ClN3OS. The van der Waals surface area contributed by atoms with Crippen LogP contribution in [0.5, 0.6) is 0 Å². The number of nitrogens with zero attached hydrogens (tertiary/aromatic N) is 2. The number of nitrogens with two attached hydrogens (primary N) is 1.